The zero-order chi connectivity index (χ0) is 13.8. The van der Waals surface area contributed by atoms with Gasteiger partial charge in [0.2, 0.25) is 5.91 Å². The Hall–Kier alpha value is -2.43. The number of primary amides is 1. The molecule has 2 aromatic carbocycles. The molecule has 0 atom stereocenters. The van der Waals surface area contributed by atoms with Crippen molar-refractivity contribution < 1.29 is 18.3 Å². The molecule has 0 aliphatic rings. The number of hydrogen-bond donors (Lipinski definition) is 1. The maximum absolute atomic E-state index is 13.3. The van der Waals surface area contributed by atoms with Crippen LogP contribution in [0, 0.1) is 11.6 Å². The minimum atomic E-state index is -0.772. The summed E-state index contributed by atoms with van der Waals surface area (Å²) in [4.78, 5) is 11.0. The van der Waals surface area contributed by atoms with E-state index in [0.717, 1.165) is 12.1 Å². The molecule has 0 radical (unpaired) electrons. The molecule has 0 aliphatic heterocycles. The number of benzene rings is 2. The van der Waals surface area contributed by atoms with Gasteiger partial charge in [0.15, 0.2) is 11.6 Å². The number of amides is 1. The number of ether oxygens (including phenoxy) is 1. The third kappa shape index (κ3) is 3.28. The second-order valence-corrected chi connectivity index (χ2v) is 3.93. The highest BCUT2D eigenvalue weighted by molar-refractivity contribution is 5.92. The molecule has 0 spiro atoms. The third-order valence-electron chi connectivity index (χ3n) is 2.50. The monoisotopic (exact) mass is 263 g/mol. The van der Waals surface area contributed by atoms with E-state index in [4.69, 9.17) is 10.5 Å². The van der Waals surface area contributed by atoms with E-state index in [9.17, 15) is 13.6 Å². The largest absolute Gasteiger partial charge is 0.486 e. The summed E-state index contributed by atoms with van der Waals surface area (Å²) in [6.45, 7) is 0.0592. The van der Waals surface area contributed by atoms with Gasteiger partial charge in [0.25, 0.3) is 0 Å². The van der Waals surface area contributed by atoms with E-state index in [1.165, 1.54) is 6.07 Å². The van der Waals surface area contributed by atoms with Gasteiger partial charge in [-0.2, -0.15) is 0 Å². The molecule has 0 saturated heterocycles. The number of hydrogen-bond acceptors (Lipinski definition) is 2. The van der Waals surface area contributed by atoms with Crippen LogP contribution in [0.2, 0.25) is 0 Å². The van der Waals surface area contributed by atoms with E-state index in [0.29, 0.717) is 11.1 Å². The van der Waals surface area contributed by atoms with Crippen LogP contribution in [0.25, 0.3) is 0 Å². The molecule has 5 heteroatoms. The maximum atomic E-state index is 13.3. The zero-order valence-corrected chi connectivity index (χ0v) is 9.90. The smallest absolute Gasteiger partial charge is 0.248 e. The van der Waals surface area contributed by atoms with Crippen molar-refractivity contribution in [2.45, 2.75) is 6.61 Å². The van der Waals surface area contributed by atoms with Crippen LogP contribution in [-0.2, 0) is 6.61 Å². The van der Waals surface area contributed by atoms with Gasteiger partial charge in [-0.1, -0.05) is 12.1 Å². The highest BCUT2D eigenvalue weighted by Gasteiger charge is 2.06. The van der Waals surface area contributed by atoms with Gasteiger partial charge >= 0.3 is 0 Å². The third-order valence-corrected chi connectivity index (χ3v) is 2.50. The Labute approximate surface area is 108 Å². The van der Waals surface area contributed by atoms with Gasteiger partial charge in [-0.15, -0.1) is 0 Å². The molecule has 19 heavy (non-hydrogen) atoms. The first-order valence-corrected chi connectivity index (χ1v) is 5.53. The molecule has 3 nitrogen and oxygen atoms in total. The Morgan fingerprint density at radius 2 is 1.95 bits per heavy atom. The summed E-state index contributed by atoms with van der Waals surface area (Å²) in [6.07, 6.45) is 0. The van der Waals surface area contributed by atoms with Crippen LogP contribution in [0.4, 0.5) is 8.78 Å². The van der Waals surface area contributed by atoms with Crippen molar-refractivity contribution in [1.82, 2.24) is 0 Å². The van der Waals surface area contributed by atoms with Gasteiger partial charge in [-0.3, -0.25) is 4.79 Å². The molecule has 98 valence electrons. The molecule has 0 aliphatic carbocycles. The fraction of sp³-hybridized carbons (Fsp3) is 0.0714. The molecule has 0 saturated carbocycles. The second-order valence-electron chi connectivity index (χ2n) is 3.93. The van der Waals surface area contributed by atoms with Crippen molar-refractivity contribution in [2.75, 3.05) is 0 Å². The molecular weight excluding hydrogens is 252 g/mol. The lowest BCUT2D eigenvalue weighted by molar-refractivity contribution is 0.1000. The topological polar surface area (TPSA) is 52.3 Å². The lowest BCUT2D eigenvalue weighted by atomic mass is 10.1. The first-order chi connectivity index (χ1) is 9.06. The van der Waals surface area contributed by atoms with Crippen LogP contribution >= 0.6 is 0 Å². The van der Waals surface area contributed by atoms with Gasteiger partial charge in [0.1, 0.15) is 12.4 Å². The summed E-state index contributed by atoms with van der Waals surface area (Å²) in [5.41, 5.74) is 6.16. The highest BCUT2D eigenvalue weighted by Crippen LogP contribution is 2.19. The van der Waals surface area contributed by atoms with E-state index in [1.807, 2.05) is 0 Å². The lowest BCUT2D eigenvalue weighted by Gasteiger charge is -2.08. The normalized spacial score (nSPS) is 10.2. The fourth-order valence-electron chi connectivity index (χ4n) is 1.57. The van der Waals surface area contributed by atoms with E-state index >= 15 is 0 Å². The van der Waals surface area contributed by atoms with Crippen molar-refractivity contribution in [2.24, 2.45) is 5.73 Å². The van der Waals surface area contributed by atoms with Gasteiger partial charge in [0, 0.05) is 11.6 Å². The summed E-state index contributed by atoms with van der Waals surface area (Å²) in [5.74, 6) is -2.03. The fourth-order valence-corrected chi connectivity index (χ4v) is 1.57. The van der Waals surface area contributed by atoms with Gasteiger partial charge < -0.3 is 10.5 Å². The molecule has 1 amide bonds. The average Bonchev–Trinajstić information content (AvgIpc) is 2.38. The average molecular weight is 263 g/mol. The Balaban J connectivity index is 2.10. The van der Waals surface area contributed by atoms with E-state index in [2.05, 4.69) is 0 Å². The first kappa shape index (κ1) is 13.0. The number of carbonyl (C=O) groups is 1. The van der Waals surface area contributed by atoms with Crippen LogP contribution in [0.5, 0.6) is 5.75 Å². The quantitative estimate of drug-likeness (QED) is 0.921. The minimum Gasteiger partial charge on any atom is -0.486 e. The van der Waals surface area contributed by atoms with Crippen molar-refractivity contribution in [3.05, 3.63) is 65.2 Å². The van der Waals surface area contributed by atoms with Crippen LogP contribution in [0.15, 0.2) is 42.5 Å². The number of carbonyl (C=O) groups excluding carboxylic acids is 1. The predicted molar refractivity (Wildman–Crippen MR) is 65.6 cm³/mol. The summed E-state index contributed by atoms with van der Waals surface area (Å²) in [7, 11) is 0. The van der Waals surface area contributed by atoms with E-state index < -0.39 is 17.5 Å². The molecule has 2 aromatic rings. The number of halogens is 2. The molecule has 0 aromatic heterocycles. The Bertz CT molecular complexity index is 614. The molecule has 2 rings (SSSR count). The SMILES string of the molecule is NC(=O)c1cccc(COc2ccc(F)cc2F)c1. The molecule has 0 heterocycles. The van der Waals surface area contributed by atoms with E-state index in [-0.39, 0.29) is 12.4 Å². The Morgan fingerprint density at radius 3 is 2.63 bits per heavy atom. The highest BCUT2D eigenvalue weighted by atomic mass is 19.1. The summed E-state index contributed by atoms with van der Waals surface area (Å²) < 4.78 is 31.2. The van der Waals surface area contributed by atoms with Crippen LogP contribution in [0.3, 0.4) is 0 Å². The van der Waals surface area contributed by atoms with Crippen LogP contribution < -0.4 is 10.5 Å². The standard InChI is InChI=1S/C14H11F2NO2/c15-11-4-5-13(12(16)7-11)19-8-9-2-1-3-10(6-9)14(17)18/h1-7H,8H2,(H2,17,18). The zero-order valence-electron chi connectivity index (χ0n) is 9.90. The minimum absolute atomic E-state index is 0.0501. The lowest BCUT2D eigenvalue weighted by Crippen LogP contribution is -2.11. The van der Waals surface area contributed by atoms with Crippen molar-refractivity contribution in [1.29, 1.82) is 0 Å². The van der Waals surface area contributed by atoms with Gasteiger partial charge in [-0.25, -0.2) is 8.78 Å². The predicted octanol–water partition coefficient (Wildman–Crippen LogP) is 2.64. The maximum Gasteiger partial charge on any atom is 0.248 e. The summed E-state index contributed by atoms with van der Waals surface area (Å²) >= 11 is 0. The van der Waals surface area contributed by atoms with Crippen LogP contribution in [-0.4, -0.2) is 5.91 Å². The second kappa shape index (κ2) is 5.48. The Kier molecular flexibility index (Phi) is 3.75. The molecular formula is C14H11F2NO2. The van der Waals surface area contributed by atoms with Gasteiger partial charge in [-0.05, 0) is 29.8 Å². The summed E-state index contributed by atoms with van der Waals surface area (Å²) in [6, 6.07) is 9.57. The number of rotatable bonds is 4. The molecule has 0 unspecified atom stereocenters. The van der Waals surface area contributed by atoms with Crippen molar-refractivity contribution in [3.8, 4) is 5.75 Å². The summed E-state index contributed by atoms with van der Waals surface area (Å²) in [5, 5.41) is 0. The van der Waals surface area contributed by atoms with E-state index in [1.54, 1.807) is 24.3 Å². The molecule has 2 N–H and O–H groups in total. The van der Waals surface area contributed by atoms with Crippen LogP contribution in [0.1, 0.15) is 15.9 Å². The van der Waals surface area contributed by atoms with Crippen molar-refractivity contribution in [3.63, 3.8) is 0 Å². The number of nitrogens with two attached hydrogens (primary N) is 1. The Morgan fingerprint density at radius 1 is 1.16 bits per heavy atom. The molecule has 0 bridgehead atoms. The first-order valence-electron chi connectivity index (χ1n) is 5.53. The molecule has 0 fully saturated rings. The van der Waals surface area contributed by atoms with Gasteiger partial charge in [0.05, 0.1) is 0 Å². The van der Waals surface area contributed by atoms with Crippen molar-refractivity contribution >= 4 is 5.91 Å².